The first-order valence-electron chi connectivity index (χ1n) is 4.21. The van der Waals surface area contributed by atoms with Crippen molar-refractivity contribution in [3.05, 3.63) is 0 Å². The van der Waals surface area contributed by atoms with Crippen LogP contribution in [0.25, 0.3) is 0 Å². The Kier molecular flexibility index (Phi) is 3.30. The molecular weight excluding hydrogens is 142 g/mol. The zero-order valence-corrected chi connectivity index (χ0v) is 7.29. The summed E-state index contributed by atoms with van der Waals surface area (Å²) in [5.74, 6) is 0. The van der Waals surface area contributed by atoms with E-state index in [1.165, 1.54) is 0 Å². The molecule has 1 fully saturated rings. The van der Waals surface area contributed by atoms with E-state index in [4.69, 9.17) is 4.74 Å². The van der Waals surface area contributed by atoms with E-state index in [1.807, 2.05) is 7.05 Å². The minimum Gasteiger partial charge on any atom is -0.389 e. The number of aliphatic hydroxyl groups is 1. The molecule has 1 heterocycles. The molecule has 0 aromatic heterocycles. The van der Waals surface area contributed by atoms with E-state index in [2.05, 4.69) is 11.8 Å². The van der Waals surface area contributed by atoms with Gasteiger partial charge in [-0.25, -0.2) is 0 Å². The fraction of sp³-hybridized carbons (Fsp3) is 1.00. The summed E-state index contributed by atoms with van der Waals surface area (Å²) in [7, 11) is 1.99. The number of likely N-dealkylation sites (N-methyl/N-ethyl adjacent to an activating group) is 1. The molecule has 0 spiro atoms. The molecule has 1 aliphatic rings. The smallest absolute Gasteiger partial charge is 0.0992 e. The number of nitrogens with zero attached hydrogens (tertiary/aromatic N) is 1. The Morgan fingerprint density at radius 2 is 2.36 bits per heavy atom. The second-order valence-electron chi connectivity index (χ2n) is 3.18. The van der Waals surface area contributed by atoms with Crippen LogP contribution in [0.2, 0.25) is 0 Å². The van der Waals surface area contributed by atoms with Gasteiger partial charge in [-0.05, 0) is 13.5 Å². The van der Waals surface area contributed by atoms with Crippen LogP contribution in [0.15, 0.2) is 0 Å². The van der Waals surface area contributed by atoms with Crippen molar-refractivity contribution in [2.24, 2.45) is 0 Å². The molecule has 0 radical (unpaired) electrons. The molecule has 3 nitrogen and oxygen atoms in total. The van der Waals surface area contributed by atoms with Gasteiger partial charge in [-0.2, -0.15) is 0 Å². The van der Waals surface area contributed by atoms with E-state index < -0.39 is 0 Å². The number of ether oxygens (including phenoxy) is 1. The maximum atomic E-state index is 9.50. The zero-order valence-electron chi connectivity index (χ0n) is 7.29. The molecule has 66 valence electrons. The number of rotatable bonds is 2. The molecule has 2 atom stereocenters. The summed E-state index contributed by atoms with van der Waals surface area (Å²) in [5, 5.41) is 9.50. The van der Waals surface area contributed by atoms with Crippen LogP contribution < -0.4 is 0 Å². The van der Waals surface area contributed by atoms with Crippen LogP contribution in [0.4, 0.5) is 0 Å². The van der Waals surface area contributed by atoms with Gasteiger partial charge in [0.05, 0.1) is 19.4 Å². The lowest BCUT2D eigenvalue weighted by atomic mass is 10.0. The van der Waals surface area contributed by atoms with Gasteiger partial charge in [0.15, 0.2) is 0 Å². The Morgan fingerprint density at radius 1 is 1.64 bits per heavy atom. The topological polar surface area (TPSA) is 32.7 Å². The third-order valence-electron chi connectivity index (χ3n) is 2.18. The Balaban J connectivity index is 2.41. The third-order valence-corrected chi connectivity index (χ3v) is 2.18. The molecule has 1 aliphatic heterocycles. The highest BCUT2D eigenvalue weighted by atomic mass is 16.5. The summed E-state index contributed by atoms with van der Waals surface area (Å²) >= 11 is 0. The first-order chi connectivity index (χ1) is 5.25. The van der Waals surface area contributed by atoms with Gasteiger partial charge < -0.3 is 9.84 Å². The van der Waals surface area contributed by atoms with E-state index in [1.54, 1.807) is 0 Å². The highest BCUT2D eigenvalue weighted by Crippen LogP contribution is 2.14. The second-order valence-corrected chi connectivity index (χ2v) is 3.18. The average molecular weight is 159 g/mol. The Hall–Kier alpha value is -0.120. The van der Waals surface area contributed by atoms with Crippen LogP contribution in [0.5, 0.6) is 0 Å². The predicted molar refractivity (Wildman–Crippen MR) is 43.3 cm³/mol. The van der Waals surface area contributed by atoms with Crippen LogP contribution in [-0.4, -0.2) is 42.5 Å². The van der Waals surface area contributed by atoms with Gasteiger partial charge in [0, 0.05) is 6.04 Å². The lowest BCUT2D eigenvalue weighted by Crippen LogP contribution is -2.49. The first-order valence-corrected chi connectivity index (χ1v) is 4.21. The van der Waals surface area contributed by atoms with Crippen molar-refractivity contribution < 1.29 is 9.84 Å². The summed E-state index contributed by atoms with van der Waals surface area (Å²) in [4.78, 5) is 2.07. The molecule has 0 aromatic rings. The number of aliphatic hydroxyl groups excluding tert-OH is 1. The largest absolute Gasteiger partial charge is 0.389 e. The van der Waals surface area contributed by atoms with Gasteiger partial charge in [-0.15, -0.1) is 0 Å². The summed E-state index contributed by atoms with van der Waals surface area (Å²) in [5.41, 5.74) is 0. The van der Waals surface area contributed by atoms with Gasteiger partial charge in [0.2, 0.25) is 0 Å². The van der Waals surface area contributed by atoms with E-state index in [0.717, 1.165) is 12.8 Å². The van der Waals surface area contributed by atoms with Crippen molar-refractivity contribution in [2.45, 2.75) is 31.9 Å². The van der Waals surface area contributed by atoms with Gasteiger partial charge in [0.1, 0.15) is 0 Å². The Labute approximate surface area is 68.0 Å². The minimum absolute atomic E-state index is 0.298. The highest BCUT2D eigenvalue weighted by molar-refractivity contribution is 4.78. The zero-order chi connectivity index (χ0) is 8.27. The molecular formula is C8H17NO2. The van der Waals surface area contributed by atoms with Gasteiger partial charge >= 0.3 is 0 Å². The Morgan fingerprint density at radius 3 is 2.91 bits per heavy atom. The van der Waals surface area contributed by atoms with E-state index in [-0.39, 0.29) is 6.10 Å². The molecule has 0 amide bonds. The van der Waals surface area contributed by atoms with E-state index in [0.29, 0.717) is 19.4 Å². The van der Waals surface area contributed by atoms with Crippen LogP contribution in [0.1, 0.15) is 19.8 Å². The molecule has 0 unspecified atom stereocenters. The third kappa shape index (κ3) is 2.15. The highest BCUT2D eigenvalue weighted by Gasteiger charge is 2.26. The maximum Gasteiger partial charge on any atom is 0.0992 e. The first kappa shape index (κ1) is 8.97. The molecule has 0 aromatic carbocycles. The van der Waals surface area contributed by atoms with Crippen molar-refractivity contribution in [3.63, 3.8) is 0 Å². The number of hydrogen-bond acceptors (Lipinski definition) is 3. The SMILES string of the molecule is CCC[C@@H]1[C@@H](O)COCN1C. The molecule has 11 heavy (non-hydrogen) atoms. The second kappa shape index (κ2) is 4.04. The van der Waals surface area contributed by atoms with Gasteiger partial charge in [0.25, 0.3) is 0 Å². The average Bonchev–Trinajstić information content (AvgIpc) is 1.97. The molecule has 0 saturated carbocycles. The number of hydrogen-bond donors (Lipinski definition) is 1. The standard InChI is InChI=1S/C8H17NO2/c1-3-4-7-8(10)5-11-6-9(7)2/h7-8,10H,3-6H2,1-2H3/t7-,8+/m1/s1. The normalized spacial score (nSPS) is 34.1. The predicted octanol–water partition coefficient (Wildman–Crippen LogP) is 0.435. The van der Waals surface area contributed by atoms with Crippen molar-refractivity contribution in [1.82, 2.24) is 4.90 Å². The van der Waals surface area contributed by atoms with E-state index in [9.17, 15) is 5.11 Å². The van der Waals surface area contributed by atoms with Gasteiger partial charge in [-0.3, -0.25) is 4.90 Å². The monoisotopic (exact) mass is 159 g/mol. The summed E-state index contributed by atoms with van der Waals surface area (Å²) in [6, 6.07) is 0.300. The van der Waals surface area contributed by atoms with Crippen molar-refractivity contribution >= 4 is 0 Å². The van der Waals surface area contributed by atoms with Gasteiger partial charge in [-0.1, -0.05) is 13.3 Å². The Bertz CT molecular complexity index is 109. The van der Waals surface area contributed by atoms with Crippen LogP contribution >= 0.6 is 0 Å². The molecule has 1 N–H and O–H groups in total. The fourth-order valence-corrected chi connectivity index (χ4v) is 1.53. The van der Waals surface area contributed by atoms with Crippen LogP contribution in [-0.2, 0) is 4.74 Å². The van der Waals surface area contributed by atoms with Crippen molar-refractivity contribution in [2.75, 3.05) is 20.4 Å². The minimum atomic E-state index is -0.298. The fourth-order valence-electron chi connectivity index (χ4n) is 1.53. The lowest BCUT2D eigenvalue weighted by molar-refractivity contribution is -0.110. The van der Waals surface area contributed by atoms with Crippen LogP contribution in [0, 0.1) is 0 Å². The summed E-state index contributed by atoms with van der Waals surface area (Å²) < 4.78 is 5.15. The molecule has 0 aliphatic carbocycles. The molecule has 1 saturated heterocycles. The van der Waals surface area contributed by atoms with Crippen molar-refractivity contribution in [3.8, 4) is 0 Å². The lowest BCUT2D eigenvalue weighted by Gasteiger charge is -2.36. The quantitative estimate of drug-likeness (QED) is 0.634. The maximum absolute atomic E-state index is 9.50. The van der Waals surface area contributed by atoms with Crippen molar-refractivity contribution in [1.29, 1.82) is 0 Å². The van der Waals surface area contributed by atoms with Crippen LogP contribution in [0.3, 0.4) is 0 Å². The summed E-state index contributed by atoms with van der Waals surface area (Å²) in [6.07, 6.45) is 1.88. The molecule has 1 rings (SSSR count). The van der Waals surface area contributed by atoms with E-state index >= 15 is 0 Å². The molecule has 0 bridgehead atoms. The summed E-state index contributed by atoms with van der Waals surface area (Å²) in [6.45, 7) is 3.28. The molecule has 3 heteroatoms.